The fourth-order valence-electron chi connectivity index (χ4n) is 2.51. The SMILES string of the molecule is Nc1cc(Cl)c(Cl)cc1OCC(=O)NC1CCCCCC1. The van der Waals surface area contributed by atoms with Gasteiger partial charge in [0, 0.05) is 12.1 Å². The number of carbonyl (C=O) groups excluding carboxylic acids is 1. The number of anilines is 1. The Bertz CT molecular complexity index is 501. The summed E-state index contributed by atoms with van der Waals surface area (Å²) in [7, 11) is 0. The molecular weight excluding hydrogens is 311 g/mol. The summed E-state index contributed by atoms with van der Waals surface area (Å²) in [6.07, 6.45) is 6.93. The second kappa shape index (κ2) is 7.76. The van der Waals surface area contributed by atoms with Crippen molar-refractivity contribution >= 4 is 34.8 Å². The maximum atomic E-state index is 11.9. The van der Waals surface area contributed by atoms with E-state index in [1.165, 1.54) is 37.8 Å². The van der Waals surface area contributed by atoms with Gasteiger partial charge in [-0.15, -0.1) is 0 Å². The minimum absolute atomic E-state index is 0.0708. The Morgan fingerprint density at radius 2 is 1.81 bits per heavy atom. The maximum absolute atomic E-state index is 11.9. The van der Waals surface area contributed by atoms with Crippen LogP contribution in [0.1, 0.15) is 38.5 Å². The van der Waals surface area contributed by atoms with Crippen LogP contribution in [0.25, 0.3) is 0 Å². The van der Waals surface area contributed by atoms with Gasteiger partial charge in [0.2, 0.25) is 0 Å². The molecule has 2 rings (SSSR count). The highest BCUT2D eigenvalue weighted by Crippen LogP contribution is 2.32. The lowest BCUT2D eigenvalue weighted by Gasteiger charge is -2.17. The van der Waals surface area contributed by atoms with Gasteiger partial charge < -0.3 is 15.8 Å². The van der Waals surface area contributed by atoms with E-state index >= 15 is 0 Å². The first-order chi connectivity index (χ1) is 10.1. The highest BCUT2D eigenvalue weighted by Gasteiger charge is 2.15. The van der Waals surface area contributed by atoms with Gasteiger partial charge in [-0.25, -0.2) is 0 Å². The van der Waals surface area contributed by atoms with Gasteiger partial charge in [0.1, 0.15) is 5.75 Å². The minimum Gasteiger partial charge on any atom is -0.482 e. The summed E-state index contributed by atoms with van der Waals surface area (Å²) in [5.41, 5.74) is 6.15. The Morgan fingerprint density at radius 3 is 2.48 bits per heavy atom. The quantitative estimate of drug-likeness (QED) is 0.652. The van der Waals surface area contributed by atoms with Crippen molar-refractivity contribution in [2.75, 3.05) is 12.3 Å². The average molecular weight is 331 g/mol. The number of rotatable bonds is 4. The maximum Gasteiger partial charge on any atom is 0.258 e. The van der Waals surface area contributed by atoms with E-state index in [2.05, 4.69) is 5.32 Å². The summed E-state index contributed by atoms with van der Waals surface area (Å²) in [4.78, 5) is 11.9. The Labute approximate surface area is 134 Å². The Kier molecular flexibility index (Phi) is 6.00. The first kappa shape index (κ1) is 16.2. The predicted molar refractivity (Wildman–Crippen MR) is 86.0 cm³/mol. The van der Waals surface area contributed by atoms with E-state index in [9.17, 15) is 4.79 Å². The van der Waals surface area contributed by atoms with Gasteiger partial charge in [0.25, 0.3) is 5.91 Å². The molecule has 1 aliphatic rings. The zero-order valence-electron chi connectivity index (χ0n) is 11.8. The van der Waals surface area contributed by atoms with Crippen LogP contribution in [0.15, 0.2) is 12.1 Å². The molecular formula is C15H20Cl2N2O2. The summed E-state index contributed by atoms with van der Waals surface area (Å²) in [6.45, 7) is -0.0708. The molecule has 0 saturated heterocycles. The number of amides is 1. The second-order valence-electron chi connectivity index (χ2n) is 5.35. The first-order valence-corrected chi connectivity index (χ1v) is 7.98. The molecule has 0 heterocycles. The Morgan fingerprint density at radius 1 is 1.19 bits per heavy atom. The number of hydrogen-bond acceptors (Lipinski definition) is 3. The van der Waals surface area contributed by atoms with Gasteiger partial charge in [-0.05, 0) is 18.9 Å². The third kappa shape index (κ3) is 4.97. The van der Waals surface area contributed by atoms with Crippen LogP contribution in [-0.4, -0.2) is 18.6 Å². The molecule has 0 unspecified atom stereocenters. The van der Waals surface area contributed by atoms with E-state index in [0.29, 0.717) is 21.5 Å². The molecule has 21 heavy (non-hydrogen) atoms. The summed E-state index contributed by atoms with van der Waals surface area (Å²) >= 11 is 11.8. The van der Waals surface area contributed by atoms with Crippen LogP contribution >= 0.6 is 23.2 Å². The van der Waals surface area contributed by atoms with Gasteiger partial charge in [-0.1, -0.05) is 48.9 Å². The molecule has 1 fully saturated rings. The van der Waals surface area contributed by atoms with Crippen LogP contribution in [-0.2, 0) is 4.79 Å². The lowest BCUT2D eigenvalue weighted by atomic mass is 10.1. The van der Waals surface area contributed by atoms with Crippen molar-refractivity contribution in [2.24, 2.45) is 0 Å². The highest BCUT2D eigenvalue weighted by atomic mass is 35.5. The fraction of sp³-hybridized carbons (Fsp3) is 0.533. The van der Waals surface area contributed by atoms with E-state index in [1.807, 2.05) is 0 Å². The van der Waals surface area contributed by atoms with Crippen LogP contribution in [0.2, 0.25) is 10.0 Å². The van der Waals surface area contributed by atoms with Crippen molar-refractivity contribution in [3.05, 3.63) is 22.2 Å². The zero-order chi connectivity index (χ0) is 15.2. The predicted octanol–water partition coefficient (Wildman–Crippen LogP) is 3.79. The first-order valence-electron chi connectivity index (χ1n) is 7.23. The number of nitrogen functional groups attached to an aromatic ring is 1. The molecule has 0 spiro atoms. The number of carbonyl (C=O) groups is 1. The second-order valence-corrected chi connectivity index (χ2v) is 6.16. The van der Waals surface area contributed by atoms with Crippen LogP contribution < -0.4 is 15.8 Å². The molecule has 0 aromatic heterocycles. The monoisotopic (exact) mass is 330 g/mol. The molecule has 0 radical (unpaired) electrons. The molecule has 0 aliphatic heterocycles. The zero-order valence-corrected chi connectivity index (χ0v) is 13.3. The van der Waals surface area contributed by atoms with Crippen LogP contribution in [0, 0.1) is 0 Å². The molecule has 4 nitrogen and oxygen atoms in total. The molecule has 3 N–H and O–H groups in total. The third-order valence-corrected chi connectivity index (χ3v) is 4.35. The van der Waals surface area contributed by atoms with Crippen molar-refractivity contribution < 1.29 is 9.53 Å². The van der Waals surface area contributed by atoms with Gasteiger partial charge in [-0.2, -0.15) is 0 Å². The standard InChI is InChI=1S/C15H20Cl2N2O2/c16-11-7-13(18)14(8-12(11)17)21-9-15(20)19-10-5-3-1-2-4-6-10/h7-8,10H,1-6,9,18H2,(H,19,20). The van der Waals surface area contributed by atoms with Crippen LogP contribution in [0.4, 0.5) is 5.69 Å². The van der Waals surface area contributed by atoms with Crippen molar-refractivity contribution in [2.45, 2.75) is 44.6 Å². The van der Waals surface area contributed by atoms with Gasteiger partial charge in [-0.3, -0.25) is 4.79 Å². The summed E-state index contributed by atoms with van der Waals surface area (Å²) < 4.78 is 5.43. The molecule has 1 aromatic carbocycles. The van der Waals surface area contributed by atoms with Gasteiger partial charge in [0.05, 0.1) is 15.7 Å². The lowest BCUT2D eigenvalue weighted by Crippen LogP contribution is -2.37. The summed E-state index contributed by atoms with van der Waals surface area (Å²) in [5, 5.41) is 3.73. The molecule has 116 valence electrons. The molecule has 1 aromatic rings. The lowest BCUT2D eigenvalue weighted by molar-refractivity contribution is -0.123. The van der Waals surface area contributed by atoms with Crippen molar-refractivity contribution in [1.82, 2.24) is 5.32 Å². The van der Waals surface area contributed by atoms with E-state index in [4.69, 9.17) is 33.7 Å². The number of ether oxygens (including phenoxy) is 1. The third-order valence-electron chi connectivity index (χ3n) is 3.63. The van der Waals surface area contributed by atoms with E-state index in [1.54, 1.807) is 0 Å². The molecule has 1 aliphatic carbocycles. The van der Waals surface area contributed by atoms with Crippen LogP contribution in [0.5, 0.6) is 5.75 Å². The number of halogens is 2. The van der Waals surface area contributed by atoms with Crippen molar-refractivity contribution in [3.63, 3.8) is 0 Å². The van der Waals surface area contributed by atoms with Crippen LogP contribution in [0.3, 0.4) is 0 Å². The van der Waals surface area contributed by atoms with E-state index in [0.717, 1.165) is 12.8 Å². The Balaban J connectivity index is 1.84. The number of hydrogen-bond donors (Lipinski definition) is 2. The van der Waals surface area contributed by atoms with Crippen molar-refractivity contribution in [3.8, 4) is 5.75 Å². The van der Waals surface area contributed by atoms with E-state index in [-0.39, 0.29) is 18.6 Å². The molecule has 0 atom stereocenters. The molecule has 0 bridgehead atoms. The van der Waals surface area contributed by atoms with Gasteiger partial charge >= 0.3 is 0 Å². The number of benzene rings is 1. The number of nitrogens with one attached hydrogen (secondary N) is 1. The molecule has 6 heteroatoms. The fourth-order valence-corrected chi connectivity index (χ4v) is 2.83. The smallest absolute Gasteiger partial charge is 0.258 e. The molecule has 1 saturated carbocycles. The van der Waals surface area contributed by atoms with Gasteiger partial charge in [0.15, 0.2) is 6.61 Å². The summed E-state index contributed by atoms with van der Waals surface area (Å²) in [5.74, 6) is 0.243. The van der Waals surface area contributed by atoms with E-state index < -0.39 is 0 Å². The average Bonchev–Trinajstić information content (AvgIpc) is 2.70. The largest absolute Gasteiger partial charge is 0.482 e. The summed E-state index contributed by atoms with van der Waals surface area (Å²) in [6, 6.07) is 3.30. The van der Waals surface area contributed by atoms with Crippen molar-refractivity contribution in [1.29, 1.82) is 0 Å². The highest BCUT2D eigenvalue weighted by molar-refractivity contribution is 6.42. The molecule has 1 amide bonds. The minimum atomic E-state index is -0.132. The number of nitrogens with two attached hydrogens (primary N) is 1. The normalized spacial score (nSPS) is 16.3. The topological polar surface area (TPSA) is 64.3 Å². The Hall–Kier alpha value is -1.13.